The van der Waals surface area contributed by atoms with E-state index in [0.717, 1.165) is 24.3 Å². The average Bonchev–Trinajstić information content (AvgIpc) is 2.75. The van der Waals surface area contributed by atoms with Gasteiger partial charge in [0, 0.05) is 13.6 Å². The zero-order valence-corrected chi connectivity index (χ0v) is 10.3. The van der Waals surface area contributed by atoms with Gasteiger partial charge in [-0.05, 0) is 6.42 Å². The molecule has 0 aliphatic carbocycles. The fourth-order valence-electron chi connectivity index (χ4n) is 1.82. The van der Waals surface area contributed by atoms with Gasteiger partial charge in [0.15, 0.2) is 11.5 Å². The van der Waals surface area contributed by atoms with Crippen LogP contribution in [0.5, 0.6) is 0 Å². The molecule has 0 saturated carbocycles. The Kier molecular flexibility index (Phi) is 3.41. The van der Waals surface area contributed by atoms with E-state index in [-0.39, 0.29) is 5.95 Å². The SMILES string of the molecule is CCCCCN(C)c1nc(N)nc2nc[nH]c12. The Morgan fingerprint density at radius 1 is 1.35 bits per heavy atom. The minimum absolute atomic E-state index is 0.266. The summed E-state index contributed by atoms with van der Waals surface area (Å²) in [6, 6.07) is 0. The van der Waals surface area contributed by atoms with Crippen molar-refractivity contribution in [2.24, 2.45) is 0 Å². The number of fused-ring (bicyclic) bond motifs is 1. The van der Waals surface area contributed by atoms with Gasteiger partial charge in [-0.15, -0.1) is 0 Å². The second kappa shape index (κ2) is 4.99. The molecule has 6 heteroatoms. The summed E-state index contributed by atoms with van der Waals surface area (Å²) < 4.78 is 0. The summed E-state index contributed by atoms with van der Waals surface area (Å²) >= 11 is 0. The molecule has 6 nitrogen and oxygen atoms in total. The highest BCUT2D eigenvalue weighted by atomic mass is 15.2. The first-order valence-corrected chi connectivity index (χ1v) is 5.90. The number of rotatable bonds is 5. The number of nitrogens with one attached hydrogen (secondary N) is 1. The lowest BCUT2D eigenvalue weighted by molar-refractivity contribution is 0.702. The Balaban J connectivity index is 2.24. The number of H-pyrrole nitrogens is 1. The molecule has 2 heterocycles. The van der Waals surface area contributed by atoms with E-state index in [1.54, 1.807) is 6.33 Å². The van der Waals surface area contributed by atoms with Gasteiger partial charge in [0.1, 0.15) is 5.52 Å². The van der Waals surface area contributed by atoms with Crippen LogP contribution in [0, 0.1) is 0 Å². The number of aromatic nitrogens is 4. The molecule has 0 aliphatic heterocycles. The molecule has 0 radical (unpaired) electrons. The van der Waals surface area contributed by atoms with Crippen LogP contribution >= 0.6 is 0 Å². The number of anilines is 2. The van der Waals surface area contributed by atoms with Crippen molar-refractivity contribution in [2.75, 3.05) is 24.2 Å². The Morgan fingerprint density at radius 2 is 2.18 bits per heavy atom. The summed E-state index contributed by atoms with van der Waals surface area (Å²) in [5.74, 6) is 1.09. The molecular weight excluding hydrogens is 216 g/mol. The van der Waals surface area contributed by atoms with Crippen LogP contribution in [0.15, 0.2) is 6.33 Å². The Labute approximate surface area is 100 Å². The van der Waals surface area contributed by atoms with Gasteiger partial charge < -0.3 is 15.6 Å². The van der Waals surface area contributed by atoms with Crippen LogP contribution in [-0.4, -0.2) is 33.5 Å². The normalized spacial score (nSPS) is 10.9. The summed E-state index contributed by atoms with van der Waals surface area (Å²) in [4.78, 5) is 17.6. The fourth-order valence-corrected chi connectivity index (χ4v) is 1.82. The number of hydrogen-bond donors (Lipinski definition) is 2. The second-order valence-corrected chi connectivity index (χ2v) is 4.14. The van der Waals surface area contributed by atoms with Crippen LogP contribution < -0.4 is 10.6 Å². The van der Waals surface area contributed by atoms with E-state index in [9.17, 15) is 0 Å². The molecule has 0 atom stereocenters. The number of nitrogens with two attached hydrogens (primary N) is 1. The molecule has 0 fully saturated rings. The summed E-state index contributed by atoms with van der Waals surface area (Å²) in [5.41, 5.74) is 7.14. The Hall–Kier alpha value is -1.85. The molecule has 0 saturated heterocycles. The van der Waals surface area contributed by atoms with Gasteiger partial charge in [0.2, 0.25) is 5.95 Å². The average molecular weight is 234 g/mol. The first kappa shape index (κ1) is 11.6. The Morgan fingerprint density at radius 3 is 2.94 bits per heavy atom. The van der Waals surface area contributed by atoms with Crippen LogP contribution in [0.3, 0.4) is 0 Å². The molecule has 3 N–H and O–H groups in total. The smallest absolute Gasteiger partial charge is 0.224 e. The number of nitrogens with zero attached hydrogens (tertiary/aromatic N) is 4. The highest BCUT2D eigenvalue weighted by Crippen LogP contribution is 2.20. The molecule has 0 amide bonds. The first-order valence-electron chi connectivity index (χ1n) is 5.90. The predicted octanol–water partition coefficient (Wildman–Crippen LogP) is 1.56. The highest BCUT2D eigenvalue weighted by molar-refractivity contribution is 5.83. The standard InChI is InChI=1S/C11H18N6/c1-3-4-5-6-17(2)10-8-9(14-7-13-8)15-11(12)16-10/h7H,3-6H2,1-2H3,(H3,12,13,14,15,16). The topological polar surface area (TPSA) is 83.7 Å². The van der Waals surface area contributed by atoms with Crippen LogP contribution in [0.1, 0.15) is 26.2 Å². The lowest BCUT2D eigenvalue weighted by Crippen LogP contribution is -2.20. The van der Waals surface area contributed by atoms with Crippen molar-refractivity contribution >= 4 is 22.9 Å². The molecule has 0 unspecified atom stereocenters. The largest absolute Gasteiger partial charge is 0.368 e. The quantitative estimate of drug-likeness (QED) is 0.767. The van der Waals surface area contributed by atoms with Gasteiger partial charge in [-0.25, -0.2) is 4.98 Å². The maximum absolute atomic E-state index is 5.67. The zero-order valence-electron chi connectivity index (χ0n) is 10.3. The van der Waals surface area contributed by atoms with Gasteiger partial charge in [0.05, 0.1) is 6.33 Å². The van der Waals surface area contributed by atoms with E-state index in [0.29, 0.717) is 5.65 Å². The van der Waals surface area contributed by atoms with Crippen molar-refractivity contribution in [3.63, 3.8) is 0 Å². The van der Waals surface area contributed by atoms with Crippen LogP contribution in [0.4, 0.5) is 11.8 Å². The van der Waals surface area contributed by atoms with Crippen molar-refractivity contribution in [1.29, 1.82) is 0 Å². The number of nitrogen functional groups attached to an aromatic ring is 1. The zero-order chi connectivity index (χ0) is 12.3. The van der Waals surface area contributed by atoms with E-state index in [2.05, 4.69) is 31.8 Å². The fraction of sp³-hybridized carbons (Fsp3) is 0.545. The lowest BCUT2D eigenvalue weighted by atomic mass is 10.2. The van der Waals surface area contributed by atoms with Gasteiger partial charge >= 0.3 is 0 Å². The lowest BCUT2D eigenvalue weighted by Gasteiger charge is -2.18. The monoisotopic (exact) mass is 234 g/mol. The van der Waals surface area contributed by atoms with Gasteiger partial charge in [-0.3, -0.25) is 0 Å². The minimum atomic E-state index is 0.266. The van der Waals surface area contributed by atoms with Crippen LogP contribution in [0.25, 0.3) is 11.2 Å². The van der Waals surface area contributed by atoms with Crippen LogP contribution in [0.2, 0.25) is 0 Å². The summed E-state index contributed by atoms with van der Waals surface area (Å²) in [6.45, 7) is 3.15. The number of hydrogen-bond acceptors (Lipinski definition) is 5. The number of imidazole rings is 1. The Bertz CT molecular complexity index is 492. The van der Waals surface area contributed by atoms with Crippen molar-refractivity contribution in [3.8, 4) is 0 Å². The number of aromatic amines is 1. The molecule has 0 bridgehead atoms. The molecule has 2 aromatic rings. The van der Waals surface area contributed by atoms with Crippen molar-refractivity contribution in [2.45, 2.75) is 26.2 Å². The third-order valence-corrected chi connectivity index (χ3v) is 2.74. The maximum atomic E-state index is 5.67. The van der Waals surface area contributed by atoms with Crippen LogP contribution in [-0.2, 0) is 0 Å². The molecular formula is C11H18N6. The van der Waals surface area contributed by atoms with E-state index in [1.165, 1.54) is 12.8 Å². The van der Waals surface area contributed by atoms with Gasteiger partial charge in [0.25, 0.3) is 0 Å². The highest BCUT2D eigenvalue weighted by Gasteiger charge is 2.11. The number of unbranched alkanes of at least 4 members (excludes halogenated alkanes) is 2. The van der Waals surface area contributed by atoms with Crippen molar-refractivity contribution in [1.82, 2.24) is 19.9 Å². The van der Waals surface area contributed by atoms with Gasteiger partial charge in [-0.1, -0.05) is 19.8 Å². The summed E-state index contributed by atoms with van der Waals surface area (Å²) in [5, 5.41) is 0. The van der Waals surface area contributed by atoms with E-state index >= 15 is 0 Å². The second-order valence-electron chi connectivity index (χ2n) is 4.14. The predicted molar refractivity (Wildman–Crippen MR) is 68.9 cm³/mol. The van der Waals surface area contributed by atoms with E-state index in [1.807, 2.05) is 7.05 Å². The van der Waals surface area contributed by atoms with E-state index < -0.39 is 0 Å². The van der Waals surface area contributed by atoms with Gasteiger partial charge in [-0.2, -0.15) is 9.97 Å². The van der Waals surface area contributed by atoms with E-state index in [4.69, 9.17) is 5.73 Å². The molecule has 0 spiro atoms. The molecule has 0 aromatic carbocycles. The van der Waals surface area contributed by atoms with Crippen molar-refractivity contribution < 1.29 is 0 Å². The summed E-state index contributed by atoms with van der Waals surface area (Å²) in [7, 11) is 2.01. The molecule has 92 valence electrons. The minimum Gasteiger partial charge on any atom is -0.368 e. The molecule has 17 heavy (non-hydrogen) atoms. The molecule has 0 aliphatic rings. The molecule has 2 aromatic heterocycles. The summed E-state index contributed by atoms with van der Waals surface area (Å²) in [6.07, 6.45) is 5.19. The van der Waals surface area contributed by atoms with Crippen molar-refractivity contribution in [3.05, 3.63) is 6.33 Å². The maximum Gasteiger partial charge on any atom is 0.224 e. The third-order valence-electron chi connectivity index (χ3n) is 2.74. The third kappa shape index (κ3) is 2.46. The molecule has 2 rings (SSSR count). The first-order chi connectivity index (χ1) is 8.22.